The van der Waals surface area contributed by atoms with Crippen molar-refractivity contribution >= 4 is 42.3 Å². The lowest BCUT2D eigenvalue weighted by atomic mass is 9.86. The molecule has 0 bridgehead atoms. The number of thiophene rings is 1. The van der Waals surface area contributed by atoms with Gasteiger partial charge in [0.15, 0.2) is 0 Å². The second kappa shape index (κ2) is 19.9. The van der Waals surface area contributed by atoms with Gasteiger partial charge in [0.2, 0.25) is 0 Å². The minimum absolute atomic E-state index is 1.19. The van der Waals surface area contributed by atoms with E-state index >= 15 is 0 Å². The summed E-state index contributed by atoms with van der Waals surface area (Å²) in [5, 5.41) is 5.07. The molecule has 0 amide bonds. The fourth-order valence-corrected chi connectivity index (χ4v) is 13.0. The van der Waals surface area contributed by atoms with Crippen LogP contribution in [0.4, 0.5) is 0 Å². The van der Waals surface area contributed by atoms with E-state index in [4.69, 9.17) is 0 Å². The zero-order chi connectivity index (χ0) is 51.1. The molecule has 0 radical (unpaired) electrons. The Labute approximate surface area is 454 Å². The molecule has 14 rings (SSSR count). The molecule has 0 saturated heterocycles. The average molecular weight is 995 g/mol. The van der Waals surface area contributed by atoms with E-state index in [-0.39, 0.29) is 0 Å². The smallest absolute Gasteiger partial charge is 0.0440 e. The van der Waals surface area contributed by atoms with Gasteiger partial charge in [0.1, 0.15) is 0 Å². The van der Waals surface area contributed by atoms with Crippen molar-refractivity contribution in [3.8, 4) is 111 Å². The molecule has 0 spiro atoms. The van der Waals surface area contributed by atoms with Crippen LogP contribution in [0.1, 0.15) is 0 Å². The van der Waals surface area contributed by atoms with Gasteiger partial charge in [-0.2, -0.15) is 0 Å². The van der Waals surface area contributed by atoms with Gasteiger partial charge in [-0.3, -0.25) is 0 Å². The molecule has 0 aliphatic heterocycles. The molecule has 0 atom stereocenters. The second-order valence-electron chi connectivity index (χ2n) is 19.9. The third kappa shape index (κ3) is 8.54. The van der Waals surface area contributed by atoms with E-state index in [1.807, 2.05) is 11.3 Å². The second-order valence-corrected chi connectivity index (χ2v) is 20.9. The summed E-state index contributed by atoms with van der Waals surface area (Å²) in [5.74, 6) is 0. The van der Waals surface area contributed by atoms with Crippen LogP contribution in [0.15, 0.2) is 303 Å². The number of hydrogen-bond acceptors (Lipinski definition) is 1. The van der Waals surface area contributed by atoms with Crippen molar-refractivity contribution in [3.05, 3.63) is 303 Å². The summed E-state index contributed by atoms with van der Waals surface area (Å²) >= 11 is 1.93. The van der Waals surface area contributed by atoms with Crippen LogP contribution in [0.3, 0.4) is 0 Å². The van der Waals surface area contributed by atoms with Gasteiger partial charge in [-0.25, -0.2) is 0 Å². The van der Waals surface area contributed by atoms with Gasteiger partial charge in [-0.1, -0.05) is 261 Å². The van der Waals surface area contributed by atoms with Crippen LogP contribution in [0.25, 0.3) is 142 Å². The molecule has 1 heteroatoms. The maximum Gasteiger partial charge on any atom is 0.0440 e. The van der Waals surface area contributed by atoms with E-state index < -0.39 is 0 Å². The van der Waals surface area contributed by atoms with Gasteiger partial charge in [0, 0.05) is 31.3 Å². The van der Waals surface area contributed by atoms with Crippen LogP contribution in [0, 0.1) is 0 Å². The molecule has 77 heavy (non-hydrogen) atoms. The highest BCUT2D eigenvalue weighted by molar-refractivity contribution is 7.27. The summed E-state index contributed by atoms with van der Waals surface area (Å²) in [4.78, 5) is 0. The quantitative estimate of drug-likeness (QED) is 0.128. The highest BCUT2D eigenvalue weighted by Crippen LogP contribution is 2.51. The van der Waals surface area contributed by atoms with Crippen LogP contribution < -0.4 is 0 Å². The third-order valence-corrected chi connectivity index (χ3v) is 16.5. The van der Waals surface area contributed by atoms with E-state index in [0.717, 1.165) is 0 Å². The van der Waals surface area contributed by atoms with Crippen molar-refractivity contribution in [2.45, 2.75) is 0 Å². The Hall–Kier alpha value is -9.66. The number of hydrogen-bond donors (Lipinski definition) is 0. The largest absolute Gasteiger partial charge is 0.134 e. The van der Waals surface area contributed by atoms with Crippen molar-refractivity contribution in [3.63, 3.8) is 0 Å². The Morgan fingerprint density at radius 1 is 0.169 bits per heavy atom. The highest BCUT2D eigenvalue weighted by atomic mass is 32.1. The Morgan fingerprint density at radius 3 is 0.896 bits per heavy atom. The summed E-state index contributed by atoms with van der Waals surface area (Å²) in [6.07, 6.45) is 0. The third-order valence-electron chi connectivity index (χ3n) is 15.3. The zero-order valence-electron chi connectivity index (χ0n) is 42.3. The maximum absolute atomic E-state index is 2.44. The van der Waals surface area contributed by atoms with E-state index in [2.05, 4.69) is 303 Å². The minimum atomic E-state index is 1.19. The summed E-state index contributed by atoms with van der Waals surface area (Å²) in [5.41, 5.74) is 24.1. The first kappa shape index (κ1) is 45.9. The number of rotatable bonds is 10. The average Bonchev–Trinajstić information content (AvgIpc) is 3.92. The molecule has 0 nitrogen and oxygen atoms in total. The normalized spacial score (nSPS) is 11.4. The zero-order valence-corrected chi connectivity index (χ0v) is 43.1. The molecule has 14 aromatic rings. The van der Waals surface area contributed by atoms with Crippen molar-refractivity contribution in [2.75, 3.05) is 0 Å². The predicted octanol–water partition coefficient (Wildman–Crippen LogP) is 21.9. The lowest BCUT2D eigenvalue weighted by Crippen LogP contribution is -1.91. The van der Waals surface area contributed by atoms with Crippen LogP contribution in [0.2, 0.25) is 0 Å². The molecule has 0 saturated carbocycles. The number of fused-ring (bicyclic) bond motifs is 5. The Morgan fingerprint density at radius 2 is 0.468 bits per heavy atom. The van der Waals surface area contributed by atoms with Crippen molar-refractivity contribution in [1.29, 1.82) is 0 Å². The maximum atomic E-state index is 2.44. The van der Waals surface area contributed by atoms with Crippen molar-refractivity contribution in [2.24, 2.45) is 0 Å². The molecule has 0 fully saturated rings. The molecule has 360 valence electrons. The lowest BCUT2D eigenvalue weighted by molar-refractivity contribution is 1.55. The fourth-order valence-electron chi connectivity index (χ4n) is 11.7. The van der Waals surface area contributed by atoms with Crippen LogP contribution in [0.5, 0.6) is 0 Å². The molecule has 0 aliphatic rings. The van der Waals surface area contributed by atoms with Gasteiger partial charge in [0.25, 0.3) is 0 Å². The molecule has 0 N–H and O–H groups in total. The van der Waals surface area contributed by atoms with E-state index in [0.29, 0.717) is 0 Å². The minimum Gasteiger partial charge on any atom is -0.134 e. The standard InChI is InChI=1S/C76H50S/c1-5-24-51(25-6-1)56-44-57(52-26-7-2-8-27-52)47-60(46-56)62-33-15-17-36-65(62)67-38-19-21-40-69(67)71-42-23-43-72-74-64-35-14-13-32-55(64)50-73(76(74)77-75(71)72)70-41-22-20-39-68(70)66-37-18-16-34-63(66)61-48-58(53-28-9-3-10-29-53)45-59(49-61)54-30-11-4-12-31-54/h1-50H. The summed E-state index contributed by atoms with van der Waals surface area (Å²) < 4.78 is 2.57. The van der Waals surface area contributed by atoms with E-state index in [9.17, 15) is 0 Å². The Bertz CT molecular complexity index is 4360. The molecular weight excluding hydrogens is 945 g/mol. The van der Waals surface area contributed by atoms with Gasteiger partial charge >= 0.3 is 0 Å². The predicted molar refractivity (Wildman–Crippen MR) is 331 cm³/mol. The molecule has 1 heterocycles. The van der Waals surface area contributed by atoms with Crippen molar-refractivity contribution in [1.82, 2.24) is 0 Å². The first-order valence-corrected chi connectivity index (χ1v) is 27.3. The number of benzene rings is 13. The monoisotopic (exact) mass is 994 g/mol. The first-order chi connectivity index (χ1) is 38.2. The van der Waals surface area contributed by atoms with Gasteiger partial charge in [-0.05, 0) is 153 Å². The van der Waals surface area contributed by atoms with Gasteiger partial charge in [0.05, 0.1) is 0 Å². The van der Waals surface area contributed by atoms with Gasteiger partial charge in [-0.15, -0.1) is 11.3 Å². The summed E-state index contributed by atoms with van der Waals surface area (Å²) in [6, 6.07) is 112. The molecule has 0 unspecified atom stereocenters. The highest BCUT2D eigenvalue weighted by Gasteiger charge is 2.22. The lowest BCUT2D eigenvalue weighted by Gasteiger charge is -2.17. The molecule has 13 aromatic carbocycles. The van der Waals surface area contributed by atoms with E-state index in [1.165, 1.54) is 142 Å². The van der Waals surface area contributed by atoms with Crippen molar-refractivity contribution < 1.29 is 0 Å². The Balaban J connectivity index is 0.946. The Kier molecular flexibility index (Phi) is 11.9. The fraction of sp³-hybridized carbons (Fsp3) is 0. The topological polar surface area (TPSA) is 0 Å². The van der Waals surface area contributed by atoms with Gasteiger partial charge < -0.3 is 0 Å². The molecular formula is C76H50S. The molecule has 1 aromatic heterocycles. The summed E-state index contributed by atoms with van der Waals surface area (Å²) in [7, 11) is 0. The van der Waals surface area contributed by atoms with E-state index in [1.54, 1.807) is 0 Å². The summed E-state index contributed by atoms with van der Waals surface area (Å²) in [6.45, 7) is 0. The molecule has 0 aliphatic carbocycles. The SMILES string of the molecule is c1ccc(-c2cc(-c3ccccc3)cc(-c3ccccc3-c3ccccc3-c3cccc4c3sc3c(-c5ccccc5-c5ccccc5-c5cc(-c6ccccc6)cc(-c6ccccc6)c5)cc5ccccc5c34)c2)cc1. The van der Waals surface area contributed by atoms with Crippen LogP contribution in [-0.2, 0) is 0 Å². The first-order valence-electron chi connectivity index (χ1n) is 26.5. The van der Waals surface area contributed by atoms with Crippen LogP contribution >= 0.6 is 11.3 Å². The van der Waals surface area contributed by atoms with Crippen LogP contribution in [-0.4, -0.2) is 0 Å².